The summed E-state index contributed by atoms with van der Waals surface area (Å²) in [6.45, 7) is 3.51. The molecular formula is C17H15F6OP. The zero-order chi connectivity index (χ0) is 18.8. The molecule has 0 radical (unpaired) electrons. The number of benzene rings is 2. The van der Waals surface area contributed by atoms with Crippen LogP contribution in [0.15, 0.2) is 48.5 Å². The second-order valence-corrected chi connectivity index (χ2v) is 7.37. The third-order valence-corrected chi connectivity index (χ3v) is 5.34. The minimum absolute atomic E-state index is 0.240. The summed E-state index contributed by atoms with van der Waals surface area (Å²) >= 11 is 0. The van der Waals surface area contributed by atoms with Gasteiger partial charge in [-0.3, -0.25) is 0 Å². The summed E-state index contributed by atoms with van der Waals surface area (Å²) < 4.78 is 81.8. The van der Waals surface area contributed by atoms with Crippen molar-refractivity contribution >= 4 is 18.8 Å². The molecule has 0 aliphatic carbocycles. The van der Waals surface area contributed by atoms with Gasteiger partial charge in [0.25, 0.3) is 0 Å². The van der Waals surface area contributed by atoms with Crippen molar-refractivity contribution < 1.29 is 30.9 Å². The summed E-state index contributed by atoms with van der Waals surface area (Å²) in [5.41, 5.74) is -1.58. The van der Waals surface area contributed by atoms with E-state index in [0.29, 0.717) is 10.6 Å². The van der Waals surface area contributed by atoms with E-state index in [-0.39, 0.29) is 6.10 Å². The van der Waals surface area contributed by atoms with Crippen LogP contribution >= 0.6 is 8.15 Å². The van der Waals surface area contributed by atoms with Gasteiger partial charge < -0.3 is 4.52 Å². The predicted octanol–water partition coefficient (Wildman–Crippen LogP) is 5.50. The first-order valence-corrected chi connectivity index (χ1v) is 8.56. The summed E-state index contributed by atoms with van der Waals surface area (Å²) in [5.74, 6) is 0. The number of halogens is 6. The fourth-order valence-electron chi connectivity index (χ4n) is 2.05. The van der Waals surface area contributed by atoms with Gasteiger partial charge in [-0.05, 0) is 38.1 Å². The zero-order valence-electron chi connectivity index (χ0n) is 13.3. The standard InChI is InChI=1S/C17H15F6OP/c1-11(2)24-25(14-7-3-12(4-8-14)16(18,19)20)15-9-5-13(6-10-15)17(21,22)23/h3-11H,1-2H3. The Labute approximate surface area is 142 Å². The van der Waals surface area contributed by atoms with Crippen LogP contribution in [0.25, 0.3) is 0 Å². The fraction of sp³-hybridized carbons (Fsp3) is 0.294. The molecule has 8 heteroatoms. The van der Waals surface area contributed by atoms with Crippen LogP contribution in [0.3, 0.4) is 0 Å². The Morgan fingerprint density at radius 3 is 1.24 bits per heavy atom. The van der Waals surface area contributed by atoms with E-state index in [1.165, 1.54) is 24.3 Å². The van der Waals surface area contributed by atoms with Crippen molar-refractivity contribution in [3.05, 3.63) is 59.7 Å². The first-order valence-electron chi connectivity index (χ1n) is 7.30. The van der Waals surface area contributed by atoms with Gasteiger partial charge in [-0.2, -0.15) is 26.3 Å². The summed E-state index contributed by atoms with van der Waals surface area (Å²) in [5, 5.41) is 0.993. The van der Waals surface area contributed by atoms with E-state index in [2.05, 4.69) is 0 Å². The van der Waals surface area contributed by atoms with E-state index in [1.807, 2.05) is 0 Å². The third-order valence-electron chi connectivity index (χ3n) is 3.17. The molecular weight excluding hydrogens is 365 g/mol. The summed E-state index contributed by atoms with van der Waals surface area (Å²) in [7, 11) is -1.52. The molecule has 0 aromatic heterocycles. The second kappa shape index (κ2) is 7.34. The molecule has 0 atom stereocenters. The van der Waals surface area contributed by atoms with Gasteiger partial charge in [0.15, 0.2) is 0 Å². The first kappa shape index (κ1) is 19.7. The predicted molar refractivity (Wildman–Crippen MR) is 85.3 cm³/mol. The van der Waals surface area contributed by atoms with E-state index in [9.17, 15) is 26.3 Å². The Morgan fingerprint density at radius 2 is 1.00 bits per heavy atom. The Hall–Kier alpha value is -1.59. The SMILES string of the molecule is CC(C)OP(c1ccc(C(F)(F)F)cc1)c1ccc(C(F)(F)F)cc1. The highest BCUT2D eigenvalue weighted by Gasteiger charge is 2.32. The van der Waals surface area contributed by atoms with E-state index in [1.54, 1.807) is 13.8 Å². The Morgan fingerprint density at radius 1 is 0.680 bits per heavy atom. The van der Waals surface area contributed by atoms with Crippen LogP contribution in [0.4, 0.5) is 26.3 Å². The normalized spacial score (nSPS) is 12.9. The molecule has 0 heterocycles. The molecule has 1 nitrogen and oxygen atoms in total. The number of hydrogen-bond donors (Lipinski definition) is 0. The van der Waals surface area contributed by atoms with Crippen molar-refractivity contribution in [3.8, 4) is 0 Å². The molecule has 0 aliphatic heterocycles. The molecule has 2 rings (SSSR count). The van der Waals surface area contributed by atoms with Gasteiger partial charge >= 0.3 is 12.4 Å². The van der Waals surface area contributed by atoms with Crippen molar-refractivity contribution in [1.29, 1.82) is 0 Å². The average Bonchev–Trinajstić information content (AvgIpc) is 2.51. The van der Waals surface area contributed by atoms with Crippen LogP contribution < -0.4 is 10.6 Å². The monoisotopic (exact) mass is 380 g/mol. The fourth-order valence-corrected chi connectivity index (χ4v) is 3.86. The highest BCUT2D eigenvalue weighted by Crippen LogP contribution is 2.38. The lowest BCUT2D eigenvalue weighted by Crippen LogP contribution is -2.18. The quantitative estimate of drug-likeness (QED) is 0.503. The molecule has 2 aromatic carbocycles. The van der Waals surface area contributed by atoms with E-state index < -0.39 is 31.6 Å². The van der Waals surface area contributed by atoms with Crippen LogP contribution in [0.5, 0.6) is 0 Å². The van der Waals surface area contributed by atoms with Crippen LogP contribution in [0.1, 0.15) is 25.0 Å². The van der Waals surface area contributed by atoms with E-state index >= 15 is 0 Å². The van der Waals surface area contributed by atoms with Gasteiger partial charge in [-0.1, -0.05) is 24.3 Å². The van der Waals surface area contributed by atoms with Crippen molar-refractivity contribution in [3.63, 3.8) is 0 Å². The molecule has 0 spiro atoms. The summed E-state index contributed by atoms with van der Waals surface area (Å²) in [6.07, 6.45) is -9.14. The molecule has 0 bridgehead atoms. The maximum absolute atomic E-state index is 12.7. The number of rotatable bonds is 4. The molecule has 0 amide bonds. The Kier molecular flexibility index (Phi) is 5.79. The van der Waals surface area contributed by atoms with Crippen LogP contribution in [-0.4, -0.2) is 6.10 Å². The number of hydrogen-bond acceptors (Lipinski definition) is 1. The lowest BCUT2D eigenvalue weighted by molar-refractivity contribution is -0.138. The third kappa shape index (κ3) is 5.19. The molecule has 136 valence electrons. The molecule has 25 heavy (non-hydrogen) atoms. The minimum Gasteiger partial charge on any atom is -0.347 e. The summed E-state index contributed by atoms with van der Waals surface area (Å²) in [6, 6.07) is 8.97. The smallest absolute Gasteiger partial charge is 0.347 e. The minimum atomic E-state index is -4.45. The topological polar surface area (TPSA) is 9.23 Å². The molecule has 0 N–H and O–H groups in total. The molecule has 0 unspecified atom stereocenters. The summed E-state index contributed by atoms with van der Waals surface area (Å²) in [4.78, 5) is 0. The van der Waals surface area contributed by atoms with Crippen LogP contribution in [0, 0.1) is 0 Å². The highest BCUT2D eigenvalue weighted by atomic mass is 31.1. The largest absolute Gasteiger partial charge is 0.416 e. The first-order chi connectivity index (χ1) is 11.5. The van der Waals surface area contributed by atoms with Crippen molar-refractivity contribution in [1.82, 2.24) is 0 Å². The molecule has 0 fully saturated rings. The van der Waals surface area contributed by atoms with Gasteiger partial charge in [0.05, 0.1) is 25.4 Å². The van der Waals surface area contributed by atoms with Gasteiger partial charge in [0.2, 0.25) is 0 Å². The lowest BCUT2D eigenvalue weighted by atomic mass is 10.2. The maximum Gasteiger partial charge on any atom is 0.416 e. The average molecular weight is 380 g/mol. The molecule has 0 aliphatic rings. The lowest BCUT2D eigenvalue weighted by Gasteiger charge is -2.22. The zero-order valence-corrected chi connectivity index (χ0v) is 14.2. The molecule has 0 saturated carbocycles. The molecule has 2 aromatic rings. The Bertz CT molecular complexity index is 632. The van der Waals surface area contributed by atoms with E-state index in [0.717, 1.165) is 24.3 Å². The van der Waals surface area contributed by atoms with Crippen LogP contribution in [-0.2, 0) is 16.9 Å². The van der Waals surface area contributed by atoms with Gasteiger partial charge in [-0.15, -0.1) is 0 Å². The van der Waals surface area contributed by atoms with E-state index in [4.69, 9.17) is 4.52 Å². The second-order valence-electron chi connectivity index (χ2n) is 5.54. The van der Waals surface area contributed by atoms with Gasteiger partial charge in [-0.25, -0.2) is 0 Å². The highest BCUT2D eigenvalue weighted by molar-refractivity contribution is 7.68. The number of alkyl halides is 6. The maximum atomic E-state index is 12.7. The van der Waals surface area contributed by atoms with Gasteiger partial charge in [0.1, 0.15) is 0 Å². The van der Waals surface area contributed by atoms with Crippen LogP contribution in [0.2, 0.25) is 0 Å². The van der Waals surface area contributed by atoms with Crippen molar-refractivity contribution in [2.45, 2.75) is 32.3 Å². The van der Waals surface area contributed by atoms with Crippen molar-refractivity contribution in [2.75, 3.05) is 0 Å². The Balaban J connectivity index is 2.36. The molecule has 0 saturated heterocycles. The van der Waals surface area contributed by atoms with Gasteiger partial charge in [0, 0.05) is 10.6 Å². The van der Waals surface area contributed by atoms with Crippen molar-refractivity contribution in [2.24, 2.45) is 0 Å².